The second-order valence-electron chi connectivity index (χ2n) is 4.21. The van der Waals surface area contributed by atoms with Crippen molar-refractivity contribution in [2.75, 3.05) is 4.90 Å². The molecule has 0 saturated carbocycles. The number of piperazine rings is 1. The quantitative estimate of drug-likeness (QED) is 0.789. The van der Waals surface area contributed by atoms with Crippen molar-refractivity contribution in [3.05, 3.63) is 12.3 Å². The van der Waals surface area contributed by atoms with Crippen molar-refractivity contribution in [1.29, 1.82) is 0 Å². The van der Waals surface area contributed by atoms with Gasteiger partial charge in [0.05, 0.1) is 0 Å². The molecule has 1 aromatic rings. The number of aromatic nitrogens is 2. The van der Waals surface area contributed by atoms with Crippen LogP contribution in [-0.2, 0) is 16.6 Å². The van der Waals surface area contributed by atoms with Crippen molar-refractivity contribution in [2.24, 2.45) is 7.05 Å². The Kier molecular flexibility index (Phi) is 2.87. The zero-order valence-corrected chi connectivity index (χ0v) is 10.2. The molecule has 1 fully saturated rings. The standard InChI is InChI=1S/C11H16N4O2/c1-4-8-10(16)12-7(2)11(17)15(8)9-5-6-14(3)13-9/h5-8H,4H2,1-3H3,(H,12,16). The van der Waals surface area contributed by atoms with Crippen LogP contribution in [0.2, 0.25) is 0 Å². The summed E-state index contributed by atoms with van der Waals surface area (Å²) in [5.41, 5.74) is 0. The highest BCUT2D eigenvalue weighted by molar-refractivity contribution is 6.07. The summed E-state index contributed by atoms with van der Waals surface area (Å²) < 4.78 is 1.62. The lowest BCUT2D eigenvalue weighted by atomic mass is 10.1. The van der Waals surface area contributed by atoms with Crippen LogP contribution >= 0.6 is 0 Å². The Labute approximate surface area is 99.6 Å². The molecule has 1 aliphatic heterocycles. The lowest BCUT2D eigenvalue weighted by Gasteiger charge is -2.35. The number of rotatable bonds is 2. The van der Waals surface area contributed by atoms with E-state index < -0.39 is 12.1 Å². The predicted molar refractivity (Wildman–Crippen MR) is 62.4 cm³/mol. The van der Waals surface area contributed by atoms with Gasteiger partial charge >= 0.3 is 0 Å². The molecule has 0 aromatic carbocycles. The van der Waals surface area contributed by atoms with Crippen LogP contribution in [0.15, 0.2) is 12.3 Å². The molecule has 92 valence electrons. The summed E-state index contributed by atoms with van der Waals surface area (Å²) in [6, 6.07) is 0.784. The zero-order chi connectivity index (χ0) is 12.6. The van der Waals surface area contributed by atoms with Crippen molar-refractivity contribution in [2.45, 2.75) is 32.4 Å². The van der Waals surface area contributed by atoms with Crippen molar-refractivity contribution < 1.29 is 9.59 Å². The minimum atomic E-state index is -0.493. The molecule has 0 radical (unpaired) electrons. The fraction of sp³-hybridized carbons (Fsp3) is 0.545. The molecule has 6 nitrogen and oxygen atoms in total. The van der Waals surface area contributed by atoms with Gasteiger partial charge in [0.15, 0.2) is 5.82 Å². The van der Waals surface area contributed by atoms with E-state index in [-0.39, 0.29) is 11.8 Å². The van der Waals surface area contributed by atoms with Crippen LogP contribution in [-0.4, -0.2) is 33.7 Å². The van der Waals surface area contributed by atoms with Gasteiger partial charge in [0, 0.05) is 19.3 Å². The van der Waals surface area contributed by atoms with E-state index in [0.29, 0.717) is 12.2 Å². The molecule has 2 rings (SSSR count). The number of aryl methyl sites for hydroxylation is 1. The third-order valence-electron chi connectivity index (χ3n) is 2.91. The summed E-state index contributed by atoms with van der Waals surface area (Å²) in [6.07, 6.45) is 2.33. The first-order chi connectivity index (χ1) is 8.04. The summed E-state index contributed by atoms with van der Waals surface area (Å²) in [4.78, 5) is 25.4. The van der Waals surface area contributed by atoms with Gasteiger partial charge in [0.1, 0.15) is 12.1 Å². The zero-order valence-electron chi connectivity index (χ0n) is 10.2. The van der Waals surface area contributed by atoms with E-state index in [2.05, 4.69) is 10.4 Å². The molecule has 2 amide bonds. The molecule has 0 spiro atoms. The van der Waals surface area contributed by atoms with Gasteiger partial charge in [-0.3, -0.25) is 19.2 Å². The first kappa shape index (κ1) is 11.6. The molecular formula is C11H16N4O2. The molecule has 6 heteroatoms. The number of amides is 2. The predicted octanol–water partition coefficient (Wildman–Crippen LogP) is 0.0500. The molecular weight excluding hydrogens is 220 g/mol. The van der Waals surface area contributed by atoms with E-state index >= 15 is 0 Å². The summed E-state index contributed by atoms with van der Waals surface area (Å²) in [5.74, 6) is 0.298. The normalized spacial score (nSPS) is 25.0. The van der Waals surface area contributed by atoms with E-state index in [4.69, 9.17) is 0 Å². The monoisotopic (exact) mass is 236 g/mol. The number of carbonyl (C=O) groups is 2. The van der Waals surface area contributed by atoms with Crippen LogP contribution in [0, 0.1) is 0 Å². The number of anilines is 1. The van der Waals surface area contributed by atoms with Gasteiger partial charge in [-0.25, -0.2) is 0 Å². The summed E-state index contributed by atoms with van der Waals surface area (Å²) in [7, 11) is 1.78. The van der Waals surface area contributed by atoms with Crippen molar-refractivity contribution in [1.82, 2.24) is 15.1 Å². The number of nitrogens with one attached hydrogen (secondary N) is 1. The van der Waals surface area contributed by atoms with E-state index in [1.54, 1.807) is 30.9 Å². The minimum Gasteiger partial charge on any atom is -0.343 e. The summed E-state index contributed by atoms with van der Waals surface area (Å²) in [5, 5.41) is 6.87. The first-order valence-corrected chi connectivity index (χ1v) is 5.67. The maximum atomic E-state index is 12.1. The molecule has 1 aliphatic rings. The Hall–Kier alpha value is -1.85. The molecule has 0 aliphatic carbocycles. The van der Waals surface area contributed by atoms with Crippen LogP contribution < -0.4 is 10.2 Å². The molecule has 17 heavy (non-hydrogen) atoms. The van der Waals surface area contributed by atoms with Gasteiger partial charge in [-0.05, 0) is 13.3 Å². The van der Waals surface area contributed by atoms with Gasteiger partial charge < -0.3 is 5.32 Å². The van der Waals surface area contributed by atoms with Gasteiger partial charge in [0.25, 0.3) is 5.91 Å². The number of hydrogen-bond acceptors (Lipinski definition) is 3. The second kappa shape index (κ2) is 4.20. The van der Waals surface area contributed by atoms with Gasteiger partial charge in [-0.2, -0.15) is 5.10 Å². The minimum absolute atomic E-state index is 0.116. The first-order valence-electron chi connectivity index (χ1n) is 5.67. The van der Waals surface area contributed by atoms with Crippen molar-refractivity contribution in [3.8, 4) is 0 Å². The van der Waals surface area contributed by atoms with Crippen molar-refractivity contribution in [3.63, 3.8) is 0 Å². The Morgan fingerprint density at radius 3 is 2.71 bits per heavy atom. The largest absolute Gasteiger partial charge is 0.343 e. The van der Waals surface area contributed by atoms with E-state index in [0.717, 1.165) is 0 Å². The maximum absolute atomic E-state index is 12.1. The molecule has 1 aromatic heterocycles. The highest BCUT2D eigenvalue weighted by atomic mass is 16.2. The van der Waals surface area contributed by atoms with E-state index in [9.17, 15) is 9.59 Å². The fourth-order valence-corrected chi connectivity index (χ4v) is 2.02. The molecule has 2 heterocycles. The second-order valence-corrected chi connectivity index (χ2v) is 4.21. The van der Waals surface area contributed by atoms with Crippen LogP contribution in [0.1, 0.15) is 20.3 Å². The van der Waals surface area contributed by atoms with Crippen LogP contribution in [0.3, 0.4) is 0 Å². The fourth-order valence-electron chi connectivity index (χ4n) is 2.02. The average Bonchev–Trinajstić information content (AvgIpc) is 2.69. The SMILES string of the molecule is CCC1C(=O)NC(C)C(=O)N1c1ccn(C)n1. The van der Waals surface area contributed by atoms with Crippen LogP contribution in [0.25, 0.3) is 0 Å². The van der Waals surface area contributed by atoms with Gasteiger partial charge in [0.2, 0.25) is 5.91 Å². The number of hydrogen-bond donors (Lipinski definition) is 1. The Balaban J connectivity index is 2.38. The molecule has 1 saturated heterocycles. The number of nitrogens with zero attached hydrogens (tertiary/aromatic N) is 3. The third-order valence-corrected chi connectivity index (χ3v) is 2.91. The van der Waals surface area contributed by atoms with E-state index in [1.807, 2.05) is 6.92 Å². The Morgan fingerprint density at radius 1 is 1.47 bits per heavy atom. The number of carbonyl (C=O) groups excluding carboxylic acids is 2. The van der Waals surface area contributed by atoms with Crippen molar-refractivity contribution >= 4 is 17.6 Å². The Morgan fingerprint density at radius 2 is 2.18 bits per heavy atom. The third kappa shape index (κ3) is 1.90. The topological polar surface area (TPSA) is 67.2 Å². The molecule has 0 bridgehead atoms. The molecule has 2 unspecified atom stereocenters. The van der Waals surface area contributed by atoms with Crippen LogP contribution in [0.4, 0.5) is 5.82 Å². The Bertz CT molecular complexity index is 454. The lowest BCUT2D eigenvalue weighted by molar-refractivity contribution is -0.133. The van der Waals surface area contributed by atoms with Gasteiger partial charge in [-0.1, -0.05) is 6.92 Å². The van der Waals surface area contributed by atoms with Gasteiger partial charge in [-0.15, -0.1) is 0 Å². The average molecular weight is 236 g/mol. The summed E-state index contributed by atoms with van der Waals surface area (Å²) in [6.45, 7) is 3.56. The molecule has 1 N–H and O–H groups in total. The van der Waals surface area contributed by atoms with Crippen LogP contribution in [0.5, 0.6) is 0 Å². The molecule has 2 atom stereocenters. The maximum Gasteiger partial charge on any atom is 0.251 e. The summed E-state index contributed by atoms with van der Waals surface area (Å²) >= 11 is 0. The highest BCUT2D eigenvalue weighted by Gasteiger charge is 2.39. The highest BCUT2D eigenvalue weighted by Crippen LogP contribution is 2.20. The smallest absolute Gasteiger partial charge is 0.251 e. The lowest BCUT2D eigenvalue weighted by Crippen LogP contribution is -2.62. The van der Waals surface area contributed by atoms with E-state index in [1.165, 1.54) is 4.90 Å².